The molecule has 1 aromatic heterocycles. The van der Waals surface area contributed by atoms with Gasteiger partial charge in [-0.05, 0) is 75.4 Å². The van der Waals surface area contributed by atoms with Crippen molar-refractivity contribution < 1.29 is 5.11 Å². The largest absolute Gasteiger partial charge is 0.385 e. The van der Waals surface area contributed by atoms with Crippen molar-refractivity contribution in [1.29, 1.82) is 5.26 Å². The van der Waals surface area contributed by atoms with Gasteiger partial charge in [-0.2, -0.15) is 5.26 Å². The molecule has 114 valence electrons. The monoisotopic (exact) mass is 414 g/mol. The average Bonchev–Trinajstić information content (AvgIpc) is 2.46. The van der Waals surface area contributed by atoms with Gasteiger partial charge in [-0.3, -0.25) is 4.98 Å². The minimum atomic E-state index is -0.849. The maximum atomic E-state index is 10.8. The summed E-state index contributed by atoms with van der Waals surface area (Å²) in [5, 5.41) is 20.4. The highest BCUT2D eigenvalue weighted by atomic mass is 79.9. The lowest BCUT2D eigenvalue weighted by Gasteiger charge is -2.39. The van der Waals surface area contributed by atoms with Crippen LogP contribution in [0.25, 0.3) is 0 Å². The minimum absolute atomic E-state index is 0.558. The van der Waals surface area contributed by atoms with Crippen molar-refractivity contribution in [3.8, 4) is 6.07 Å². The summed E-state index contributed by atoms with van der Waals surface area (Å²) in [6, 6.07) is 4.25. The topological polar surface area (TPSA) is 56.9 Å². The van der Waals surface area contributed by atoms with Gasteiger partial charge in [0.2, 0.25) is 0 Å². The number of nitriles is 1. The molecule has 0 radical (unpaired) electrons. The Hall–Kier alpha value is -0.440. The molecule has 1 aliphatic rings. The standard InChI is InChI=1S/C16H20Br2N2O/c1-10(2)11-3-5-16(9-19,6-4-11)15(21)14-13(18)7-12(17)8-20-14/h7-8,10-11,15,21H,3-6H2,1-2H3. The average molecular weight is 416 g/mol. The van der Waals surface area contributed by atoms with E-state index in [2.05, 4.69) is 56.8 Å². The third-order valence-corrected chi connectivity index (χ3v) is 5.78. The third-order valence-electron chi connectivity index (χ3n) is 4.71. The molecule has 1 aromatic rings. The lowest BCUT2D eigenvalue weighted by atomic mass is 9.65. The molecule has 1 aliphatic carbocycles. The van der Waals surface area contributed by atoms with Crippen LogP contribution in [-0.4, -0.2) is 10.1 Å². The predicted molar refractivity (Wildman–Crippen MR) is 89.4 cm³/mol. The summed E-state index contributed by atoms with van der Waals surface area (Å²) in [6.07, 6.45) is 4.27. The van der Waals surface area contributed by atoms with Crippen LogP contribution >= 0.6 is 31.9 Å². The van der Waals surface area contributed by atoms with Gasteiger partial charge in [0.15, 0.2) is 0 Å². The Bertz CT molecular complexity index is 546. The van der Waals surface area contributed by atoms with Gasteiger partial charge in [0, 0.05) is 15.1 Å². The second-order valence-corrected chi connectivity index (χ2v) is 8.04. The zero-order valence-corrected chi connectivity index (χ0v) is 15.5. The van der Waals surface area contributed by atoms with Gasteiger partial charge in [0.25, 0.3) is 0 Å². The van der Waals surface area contributed by atoms with Crippen LogP contribution in [0.4, 0.5) is 0 Å². The van der Waals surface area contributed by atoms with Gasteiger partial charge in [0.05, 0.1) is 17.2 Å². The van der Waals surface area contributed by atoms with Gasteiger partial charge in [0.1, 0.15) is 6.10 Å². The summed E-state index contributed by atoms with van der Waals surface area (Å²) >= 11 is 6.80. The number of nitrogens with zero attached hydrogens (tertiary/aromatic N) is 2. The molecule has 0 amide bonds. The fraction of sp³-hybridized carbons (Fsp3) is 0.625. The van der Waals surface area contributed by atoms with Crippen LogP contribution in [0.2, 0.25) is 0 Å². The first-order chi connectivity index (χ1) is 9.89. The van der Waals surface area contributed by atoms with Crippen molar-refractivity contribution in [1.82, 2.24) is 4.98 Å². The molecule has 0 saturated heterocycles. The Morgan fingerprint density at radius 1 is 1.38 bits per heavy atom. The molecule has 2 rings (SSSR count). The first-order valence-electron chi connectivity index (χ1n) is 7.30. The van der Waals surface area contributed by atoms with Gasteiger partial charge in [-0.1, -0.05) is 13.8 Å². The fourth-order valence-electron chi connectivity index (χ4n) is 3.16. The van der Waals surface area contributed by atoms with E-state index in [4.69, 9.17) is 0 Å². The van der Waals surface area contributed by atoms with E-state index in [-0.39, 0.29) is 0 Å². The van der Waals surface area contributed by atoms with Gasteiger partial charge < -0.3 is 5.11 Å². The van der Waals surface area contributed by atoms with Crippen LogP contribution in [-0.2, 0) is 0 Å². The Balaban J connectivity index is 2.24. The number of aliphatic hydroxyl groups excluding tert-OH is 1. The highest BCUT2D eigenvalue weighted by molar-refractivity contribution is 9.11. The van der Waals surface area contributed by atoms with E-state index in [9.17, 15) is 10.4 Å². The van der Waals surface area contributed by atoms with E-state index in [1.807, 2.05) is 6.07 Å². The molecule has 0 spiro atoms. The molecule has 0 bridgehead atoms. The normalized spacial score (nSPS) is 27.4. The molecular weight excluding hydrogens is 396 g/mol. The summed E-state index contributed by atoms with van der Waals surface area (Å²) in [5.41, 5.74) is -0.155. The molecule has 5 heteroatoms. The van der Waals surface area contributed by atoms with Crippen LogP contribution < -0.4 is 0 Å². The lowest BCUT2D eigenvalue weighted by Crippen LogP contribution is -2.34. The Labute approximate surface area is 143 Å². The first kappa shape index (κ1) is 16.9. The number of aliphatic hydroxyl groups is 1. The van der Waals surface area contributed by atoms with Gasteiger partial charge >= 0.3 is 0 Å². The summed E-state index contributed by atoms with van der Waals surface area (Å²) in [6.45, 7) is 4.46. The number of halogens is 2. The number of pyridine rings is 1. The van der Waals surface area contributed by atoms with Crippen LogP contribution in [0.1, 0.15) is 51.3 Å². The smallest absolute Gasteiger partial charge is 0.116 e. The Morgan fingerprint density at radius 2 is 2.00 bits per heavy atom. The molecule has 0 aliphatic heterocycles. The highest BCUT2D eigenvalue weighted by Crippen LogP contribution is 2.49. The van der Waals surface area contributed by atoms with E-state index < -0.39 is 11.5 Å². The van der Waals surface area contributed by atoms with Crippen molar-refractivity contribution in [2.45, 2.75) is 45.6 Å². The Kier molecular flexibility index (Phi) is 5.45. The van der Waals surface area contributed by atoms with E-state index >= 15 is 0 Å². The van der Waals surface area contributed by atoms with E-state index in [1.165, 1.54) is 0 Å². The molecular formula is C16H20Br2N2O. The van der Waals surface area contributed by atoms with Crippen molar-refractivity contribution in [3.05, 3.63) is 26.9 Å². The van der Waals surface area contributed by atoms with Crippen LogP contribution in [0.3, 0.4) is 0 Å². The fourth-order valence-corrected chi connectivity index (χ4v) is 4.36. The van der Waals surface area contributed by atoms with Crippen LogP contribution in [0.5, 0.6) is 0 Å². The zero-order valence-electron chi connectivity index (χ0n) is 12.3. The molecule has 21 heavy (non-hydrogen) atoms. The maximum Gasteiger partial charge on any atom is 0.116 e. The first-order valence-corrected chi connectivity index (χ1v) is 8.88. The van der Waals surface area contributed by atoms with E-state index in [0.29, 0.717) is 17.5 Å². The zero-order chi connectivity index (χ0) is 15.6. The molecule has 3 nitrogen and oxygen atoms in total. The van der Waals surface area contributed by atoms with Crippen LogP contribution in [0, 0.1) is 28.6 Å². The lowest BCUT2D eigenvalue weighted by molar-refractivity contribution is 0.0157. The summed E-state index contributed by atoms with van der Waals surface area (Å²) in [7, 11) is 0. The molecule has 1 fully saturated rings. The number of hydrogen-bond acceptors (Lipinski definition) is 3. The maximum absolute atomic E-state index is 10.8. The van der Waals surface area contributed by atoms with Crippen molar-refractivity contribution in [3.63, 3.8) is 0 Å². The molecule has 1 saturated carbocycles. The van der Waals surface area contributed by atoms with Gasteiger partial charge in [-0.15, -0.1) is 0 Å². The van der Waals surface area contributed by atoms with E-state index in [0.717, 1.165) is 34.6 Å². The number of hydrogen-bond donors (Lipinski definition) is 1. The minimum Gasteiger partial charge on any atom is -0.385 e. The van der Waals surface area contributed by atoms with E-state index in [1.54, 1.807) is 6.20 Å². The third kappa shape index (κ3) is 3.49. The molecule has 0 aromatic carbocycles. The summed E-state index contributed by atoms with van der Waals surface area (Å²) in [5.74, 6) is 1.29. The molecule has 1 N–H and O–H groups in total. The predicted octanol–water partition coefficient (Wildman–Crippen LogP) is 5.00. The SMILES string of the molecule is CC(C)C1CCC(C#N)(C(O)c2ncc(Br)cc2Br)CC1. The highest BCUT2D eigenvalue weighted by Gasteiger charge is 2.44. The Morgan fingerprint density at radius 3 is 2.48 bits per heavy atom. The second-order valence-electron chi connectivity index (χ2n) is 6.27. The quantitative estimate of drug-likeness (QED) is 0.755. The van der Waals surface area contributed by atoms with Crippen molar-refractivity contribution >= 4 is 31.9 Å². The molecule has 1 heterocycles. The molecule has 1 unspecified atom stereocenters. The number of rotatable bonds is 3. The second kappa shape index (κ2) is 6.76. The van der Waals surface area contributed by atoms with Gasteiger partial charge in [-0.25, -0.2) is 0 Å². The summed E-state index contributed by atoms with van der Waals surface area (Å²) in [4.78, 5) is 4.31. The number of aromatic nitrogens is 1. The summed E-state index contributed by atoms with van der Waals surface area (Å²) < 4.78 is 1.59. The molecule has 1 atom stereocenters. The van der Waals surface area contributed by atoms with Crippen molar-refractivity contribution in [2.75, 3.05) is 0 Å². The van der Waals surface area contributed by atoms with Crippen LogP contribution in [0.15, 0.2) is 21.2 Å². The van der Waals surface area contributed by atoms with Crippen molar-refractivity contribution in [2.24, 2.45) is 17.3 Å².